The fourth-order valence-corrected chi connectivity index (χ4v) is 4.12. The van der Waals surface area contributed by atoms with Crippen molar-refractivity contribution in [1.29, 1.82) is 0 Å². The molecule has 0 aliphatic carbocycles. The van der Waals surface area contributed by atoms with Crippen molar-refractivity contribution in [3.63, 3.8) is 0 Å². The summed E-state index contributed by atoms with van der Waals surface area (Å²) < 4.78 is 27.6. The molecular formula is C25H25NO5. The lowest BCUT2D eigenvalue weighted by Gasteiger charge is -2.21. The van der Waals surface area contributed by atoms with Crippen molar-refractivity contribution in [1.82, 2.24) is 5.32 Å². The van der Waals surface area contributed by atoms with Crippen LogP contribution in [0.25, 0.3) is 0 Å². The number of methoxy groups -OCH3 is 1. The van der Waals surface area contributed by atoms with E-state index in [1.807, 2.05) is 30.3 Å². The molecule has 2 heterocycles. The molecule has 3 aromatic rings. The molecule has 0 amide bonds. The van der Waals surface area contributed by atoms with Gasteiger partial charge in [-0.25, -0.2) is 0 Å². The van der Waals surface area contributed by atoms with Gasteiger partial charge in [-0.15, -0.1) is 0 Å². The molecule has 0 saturated carbocycles. The van der Waals surface area contributed by atoms with E-state index in [4.69, 9.17) is 23.7 Å². The van der Waals surface area contributed by atoms with Crippen LogP contribution in [0, 0.1) is 0 Å². The fraction of sp³-hybridized carbons (Fsp3) is 0.280. The van der Waals surface area contributed by atoms with E-state index in [-0.39, 0.29) is 12.7 Å². The van der Waals surface area contributed by atoms with E-state index in [0.717, 1.165) is 53.8 Å². The topological polar surface area (TPSA) is 58.2 Å². The largest absolute Gasteiger partial charge is 0.496 e. The second-order valence-electron chi connectivity index (χ2n) is 7.56. The van der Waals surface area contributed by atoms with Gasteiger partial charge in [0.1, 0.15) is 5.75 Å². The van der Waals surface area contributed by atoms with E-state index >= 15 is 0 Å². The van der Waals surface area contributed by atoms with E-state index in [9.17, 15) is 0 Å². The third-order valence-electron chi connectivity index (χ3n) is 5.69. The Hall–Kier alpha value is -3.38. The highest BCUT2D eigenvalue weighted by molar-refractivity contribution is 5.49. The highest BCUT2D eigenvalue weighted by Gasteiger charge is 2.22. The van der Waals surface area contributed by atoms with Crippen LogP contribution in [0.4, 0.5) is 0 Å². The molecule has 0 spiro atoms. The van der Waals surface area contributed by atoms with Crippen LogP contribution >= 0.6 is 0 Å². The van der Waals surface area contributed by atoms with Crippen molar-refractivity contribution >= 4 is 0 Å². The Morgan fingerprint density at radius 2 is 1.55 bits per heavy atom. The minimum atomic E-state index is 0.162. The fourth-order valence-electron chi connectivity index (χ4n) is 4.12. The van der Waals surface area contributed by atoms with Gasteiger partial charge in [-0.3, -0.25) is 0 Å². The predicted molar refractivity (Wildman–Crippen MR) is 116 cm³/mol. The first-order chi connectivity index (χ1) is 15.3. The molecule has 6 nitrogen and oxygen atoms in total. The van der Waals surface area contributed by atoms with Gasteiger partial charge in [0.05, 0.1) is 7.11 Å². The van der Waals surface area contributed by atoms with Gasteiger partial charge in [0.2, 0.25) is 13.6 Å². The van der Waals surface area contributed by atoms with Gasteiger partial charge in [-0.2, -0.15) is 0 Å². The molecule has 1 atom stereocenters. The van der Waals surface area contributed by atoms with E-state index in [1.165, 1.54) is 11.1 Å². The summed E-state index contributed by atoms with van der Waals surface area (Å²) in [4.78, 5) is 0. The quantitative estimate of drug-likeness (QED) is 0.544. The van der Waals surface area contributed by atoms with Crippen molar-refractivity contribution in [3.05, 3.63) is 77.4 Å². The first-order valence-corrected chi connectivity index (χ1v) is 10.4. The van der Waals surface area contributed by atoms with Crippen molar-refractivity contribution in [2.75, 3.05) is 27.2 Å². The third kappa shape index (κ3) is 4.11. The molecular weight excluding hydrogens is 394 g/mol. The van der Waals surface area contributed by atoms with Gasteiger partial charge in [-0.1, -0.05) is 30.3 Å². The standard InChI is InChI=1S/C25H25NO5/c1-27-21-5-3-2-4-20(21)19(18-7-9-23-25(13-18)31-16-29-23)10-11-26-14-17-6-8-22-24(12-17)30-15-28-22/h2-9,12-13,19,26H,10-11,14-16H2,1H3. The van der Waals surface area contributed by atoms with Crippen LogP contribution in [-0.2, 0) is 6.54 Å². The summed E-state index contributed by atoms with van der Waals surface area (Å²) in [6.45, 7) is 2.17. The van der Waals surface area contributed by atoms with Crippen LogP contribution in [0.1, 0.15) is 29.0 Å². The van der Waals surface area contributed by atoms with Gasteiger partial charge in [-0.05, 0) is 54.4 Å². The number of nitrogens with one attached hydrogen (secondary N) is 1. The second-order valence-corrected chi connectivity index (χ2v) is 7.56. The third-order valence-corrected chi connectivity index (χ3v) is 5.69. The molecule has 6 heteroatoms. The number of rotatable bonds is 8. The smallest absolute Gasteiger partial charge is 0.231 e. The first-order valence-electron chi connectivity index (χ1n) is 10.4. The molecule has 5 rings (SSSR count). The molecule has 0 fully saturated rings. The summed E-state index contributed by atoms with van der Waals surface area (Å²) in [5.74, 6) is 4.26. The Bertz CT molecular complexity index is 1070. The predicted octanol–water partition coefficient (Wildman–Crippen LogP) is 4.46. The summed E-state index contributed by atoms with van der Waals surface area (Å²) in [5.41, 5.74) is 3.51. The SMILES string of the molecule is COc1ccccc1C(CCNCc1ccc2c(c1)OCO2)c1ccc2c(c1)OCO2. The minimum absolute atomic E-state index is 0.162. The zero-order valence-electron chi connectivity index (χ0n) is 17.4. The number of ether oxygens (including phenoxy) is 5. The van der Waals surface area contributed by atoms with Crippen LogP contribution in [0.15, 0.2) is 60.7 Å². The average molecular weight is 419 g/mol. The molecule has 0 radical (unpaired) electrons. The minimum Gasteiger partial charge on any atom is -0.496 e. The molecule has 160 valence electrons. The van der Waals surface area contributed by atoms with Gasteiger partial charge in [0, 0.05) is 18.0 Å². The molecule has 0 bridgehead atoms. The van der Waals surface area contributed by atoms with Gasteiger partial charge >= 0.3 is 0 Å². The van der Waals surface area contributed by atoms with Gasteiger partial charge < -0.3 is 29.0 Å². The van der Waals surface area contributed by atoms with Crippen LogP contribution in [0.2, 0.25) is 0 Å². The van der Waals surface area contributed by atoms with Crippen LogP contribution < -0.4 is 29.0 Å². The number of para-hydroxylation sites is 1. The van der Waals surface area contributed by atoms with Crippen LogP contribution in [0.5, 0.6) is 28.7 Å². The lowest BCUT2D eigenvalue weighted by molar-refractivity contribution is 0.173. The van der Waals surface area contributed by atoms with Crippen LogP contribution in [0.3, 0.4) is 0 Å². The highest BCUT2D eigenvalue weighted by Crippen LogP contribution is 2.40. The molecule has 0 aromatic heterocycles. The monoisotopic (exact) mass is 419 g/mol. The molecule has 1 N–H and O–H groups in total. The Labute approximate surface area is 181 Å². The molecule has 2 aliphatic rings. The molecule has 1 unspecified atom stereocenters. The summed E-state index contributed by atoms with van der Waals surface area (Å²) >= 11 is 0. The van der Waals surface area contributed by atoms with Crippen molar-refractivity contribution in [2.24, 2.45) is 0 Å². The number of hydrogen-bond donors (Lipinski definition) is 1. The van der Waals surface area contributed by atoms with Crippen molar-refractivity contribution in [3.8, 4) is 28.7 Å². The maximum absolute atomic E-state index is 5.66. The Balaban J connectivity index is 1.31. The van der Waals surface area contributed by atoms with E-state index in [0.29, 0.717) is 6.79 Å². The lowest BCUT2D eigenvalue weighted by atomic mass is 9.87. The van der Waals surface area contributed by atoms with Crippen molar-refractivity contribution in [2.45, 2.75) is 18.9 Å². The number of benzene rings is 3. The maximum Gasteiger partial charge on any atom is 0.231 e. The number of fused-ring (bicyclic) bond motifs is 2. The summed E-state index contributed by atoms with van der Waals surface area (Å²) in [5, 5.41) is 3.56. The zero-order valence-corrected chi connectivity index (χ0v) is 17.4. The summed E-state index contributed by atoms with van der Waals surface area (Å²) in [6, 6.07) is 20.4. The molecule has 2 aliphatic heterocycles. The van der Waals surface area contributed by atoms with Gasteiger partial charge in [0.15, 0.2) is 23.0 Å². The molecule has 0 saturated heterocycles. The van der Waals surface area contributed by atoms with Gasteiger partial charge in [0.25, 0.3) is 0 Å². The number of hydrogen-bond acceptors (Lipinski definition) is 6. The summed E-state index contributed by atoms with van der Waals surface area (Å²) in [7, 11) is 1.72. The normalized spacial score (nSPS) is 14.5. The highest BCUT2D eigenvalue weighted by atomic mass is 16.7. The van der Waals surface area contributed by atoms with E-state index in [1.54, 1.807) is 7.11 Å². The lowest BCUT2D eigenvalue weighted by Crippen LogP contribution is -2.18. The first kappa shape index (κ1) is 19.6. The van der Waals surface area contributed by atoms with E-state index < -0.39 is 0 Å². The molecule has 31 heavy (non-hydrogen) atoms. The van der Waals surface area contributed by atoms with Crippen molar-refractivity contribution < 1.29 is 23.7 Å². The Morgan fingerprint density at radius 3 is 2.35 bits per heavy atom. The average Bonchev–Trinajstić information content (AvgIpc) is 3.47. The van der Waals surface area contributed by atoms with Crippen LogP contribution in [-0.4, -0.2) is 27.2 Å². The second kappa shape index (κ2) is 8.78. The molecule has 3 aromatic carbocycles. The summed E-state index contributed by atoms with van der Waals surface area (Å²) in [6.07, 6.45) is 0.907. The Kier molecular flexibility index (Phi) is 5.54. The van der Waals surface area contributed by atoms with E-state index in [2.05, 4.69) is 35.6 Å². The zero-order chi connectivity index (χ0) is 21.0. The maximum atomic E-state index is 5.66. The Morgan fingerprint density at radius 1 is 0.839 bits per heavy atom.